The Morgan fingerprint density at radius 1 is 1.07 bits per heavy atom. The van der Waals surface area contributed by atoms with Crippen LogP contribution in [0.5, 0.6) is 5.75 Å². The number of nitrogens with one attached hydrogen (secondary N) is 1. The highest BCUT2D eigenvalue weighted by atomic mass is 19.4. The fourth-order valence-corrected chi connectivity index (χ4v) is 3.47. The Labute approximate surface area is 172 Å². The van der Waals surface area contributed by atoms with Crippen molar-refractivity contribution in [3.63, 3.8) is 0 Å². The average Bonchev–Trinajstić information content (AvgIpc) is 2.76. The van der Waals surface area contributed by atoms with E-state index in [9.17, 15) is 22.8 Å². The maximum absolute atomic E-state index is 12.7. The second-order valence-corrected chi connectivity index (χ2v) is 7.21. The molecule has 160 valence electrons. The molecule has 0 spiro atoms. The number of hydrogen-bond acceptors (Lipinski definition) is 3. The average molecular weight is 420 g/mol. The summed E-state index contributed by atoms with van der Waals surface area (Å²) in [7, 11) is 1.60. The van der Waals surface area contributed by atoms with Gasteiger partial charge in [0.15, 0.2) is 0 Å². The normalized spacial score (nSPS) is 15.0. The van der Waals surface area contributed by atoms with Gasteiger partial charge in [0, 0.05) is 24.6 Å². The number of carbonyl (C=O) groups excluding carboxylic acids is 2. The number of ether oxygens (including phenoxy) is 1. The molecule has 8 heteroatoms. The molecule has 3 rings (SSSR count). The molecule has 1 N–H and O–H groups in total. The third-order valence-electron chi connectivity index (χ3n) is 5.15. The Hall–Kier alpha value is -3.03. The van der Waals surface area contributed by atoms with E-state index in [1.165, 1.54) is 0 Å². The fourth-order valence-electron chi connectivity index (χ4n) is 3.47. The van der Waals surface area contributed by atoms with E-state index in [-0.39, 0.29) is 5.91 Å². The van der Waals surface area contributed by atoms with Crippen LogP contribution in [0.15, 0.2) is 48.5 Å². The van der Waals surface area contributed by atoms with Gasteiger partial charge < -0.3 is 15.0 Å². The van der Waals surface area contributed by atoms with Crippen molar-refractivity contribution in [2.75, 3.05) is 26.7 Å². The van der Waals surface area contributed by atoms with E-state index >= 15 is 0 Å². The molecule has 2 amide bonds. The number of carbonyl (C=O) groups is 2. The Morgan fingerprint density at radius 3 is 2.33 bits per heavy atom. The number of likely N-dealkylation sites (tertiary alicyclic amines) is 1. The summed E-state index contributed by atoms with van der Waals surface area (Å²) in [5, 5.41) is 1.92. The summed E-state index contributed by atoms with van der Waals surface area (Å²) in [5.74, 6) is -0.523. The fraction of sp³-hybridized carbons (Fsp3) is 0.364. The number of hydrogen-bond donors (Lipinski definition) is 1. The zero-order valence-electron chi connectivity index (χ0n) is 16.5. The number of benzene rings is 2. The van der Waals surface area contributed by atoms with Gasteiger partial charge in [-0.2, -0.15) is 13.2 Å². The SMILES string of the molecule is COc1cccc(-c2ccc(C(=O)N3CCC(C(=O)NCC(F)(F)F)CC3)cc2)c1. The molecule has 1 aliphatic rings. The van der Waals surface area contributed by atoms with Gasteiger partial charge in [0.05, 0.1) is 7.11 Å². The van der Waals surface area contributed by atoms with Crippen LogP contribution < -0.4 is 10.1 Å². The lowest BCUT2D eigenvalue weighted by Crippen LogP contribution is -2.44. The topological polar surface area (TPSA) is 58.6 Å². The molecule has 0 aromatic heterocycles. The van der Waals surface area contributed by atoms with Crippen LogP contribution >= 0.6 is 0 Å². The molecule has 0 bridgehead atoms. The summed E-state index contributed by atoms with van der Waals surface area (Å²) in [6, 6.07) is 14.8. The van der Waals surface area contributed by atoms with Crippen LogP contribution in [-0.4, -0.2) is 49.6 Å². The van der Waals surface area contributed by atoms with Crippen LogP contribution in [0.3, 0.4) is 0 Å². The first-order valence-electron chi connectivity index (χ1n) is 9.65. The maximum Gasteiger partial charge on any atom is 0.405 e. The number of methoxy groups -OCH3 is 1. The molecular formula is C22H23F3N2O3. The first-order chi connectivity index (χ1) is 14.3. The third kappa shape index (κ3) is 5.52. The number of halogens is 3. The molecule has 0 unspecified atom stereocenters. The maximum atomic E-state index is 12.7. The lowest BCUT2D eigenvalue weighted by molar-refractivity contribution is -0.141. The Balaban J connectivity index is 1.57. The summed E-state index contributed by atoms with van der Waals surface area (Å²) in [6.07, 6.45) is -3.74. The standard InChI is InChI=1S/C22H23F3N2O3/c1-30-19-4-2-3-18(13-19)15-5-7-17(8-6-15)21(29)27-11-9-16(10-12-27)20(28)26-14-22(23,24)25/h2-8,13,16H,9-12,14H2,1H3,(H,26,28). The Morgan fingerprint density at radius 2 is 1.73 bits per heavy atom. The first-order valence-corrected chi connectivity index (χ1v) is 9.65. The number of nitrogens with zero attached hydrogens (tertiary/aromatic N) is 1. The van der Waals surface area contributed by atoms with Gasteiger partial charge in [-0.15, -0.1) is 0 Å². The first kappa shape index (κ1) is 21.7. The van der Waals surface area contributed by atoms with Gasteiger partial charge in [0.25, 0.3) is 5.91 Å². The van der Waals surface area contributed by atoms with E-state index in [4.69, 9.17) is 4.74 Å². The summed E-state index contributed by atoms with van der Waals surface area (Å²) >= 11 is 0. The predicted molar refractivity (Wildman–Crippen MR) is 106 cm³/mol. The van der Waals surface area contributed by atoms with Crippen molar-refractivity contribution in [1.82, 2.24) is 10.2 Å². The highest BCUT2D eigenvalue weighted by Crippen LogP contribution is 2.25. The van der Waals surface area contributed by atoms with Gasteiger partial charge in [0.2, 0.25) is 5.91 Å². The minimum Gasteiger partial charge on any atom is -0.497 e. The summed E-state index contributed by atoms with van der Waals surface area (Å²) in [5.41, 5.74) is 2.45. The van der Waals surface area contributed by atoms with Gasteiger partial charge in [0.1, 0.15) is 12.3 Å². The second-order valence-electron chi connectivity index (χ2n) is 7.21. The van der Waals surface area contributed by atoms with Gasteiger partial charge >= 0.3 is 6.18 Å². The monoisotopic (exact) mass is 420 g/mol. The van der Waals surface area contributed by atoms with E-state index < -0.39 is 24.5 Å². The highest BCUT2D eigenvalue weighted by molar-refractivity contribution is 5.95. The van der Waals surface area contributed by atoms with Crippen molar-refractivity contribution in [1.29, 1.82) is 0 Å². The Bertz CT molecular complexity index is 889. The lowest BCUT2D eigenvalue weighted by atomic mass is 9.95. The third-order valence-corrected chi connectivity index (χ3v) is 5.15. The molecule has 0 saturated carbocycles. The molecule has 5 nitrogen and oxygen atoms in total. The van der Waals surface area contributed by atoms with Crippen LogP contribution in [0.4, 0.5) is 13.2 Å². The van der Waals surface area contributed by atoms with Crippen molar-refractivity contribution in [3.05, 3.63) is 54.1 Å². The molecule has 1 saturated heterocycles. The smallest absolute Gasteiger partial charge is 0.405 e. The summed E-state index contributed by atoms with van der Waals surface area (Å²) in [6.45, 7) is -0.661. The molecule has 2 aromatic carbocycles. The quantitative estimate of drug-likeness (QED) is 0.799. The summed E-state index contributed by atoms with van der Waals surface area (Å²) in [4.78, 5) is 26.3. The van der Waals surface area contributed by atoms with Gasteiger partial charge in [-0.3, -0.25) is 9.59 Å². The van der Waals surface area contributed by atoms with Crippen molar-refractivity contribution in [2.45, 2.75) is 19.0 Å². The van der Waals surface area contributed by atoms with Crippen LogP contribution in [-0.2, 0) is 4.79 Å². The molecule has 1 fully saturated rings. The number of rotatable bonds is 5. The van der Waals surface area contributed by atoms with Crippen molar-refractivity contribution in [3.8, 4) is 16.9 Å². The molecule has 2 aromatic rings. The Kier molecular flexibility index (Phi) is 6.64. The van der Waals surface area contributed by atoms with E-state index in [0.717, 1.165) is 16.9 Å². The number of alkyl halides is 3. The van der Waals surface area contributed by atoms with Crippen molar-refractivity contribution >= 4 is 11.8 Å². The highest BCUT2D eigenvalue weighted by Gasteiger charge is 2.32. The zero-order chi connectivity index (χ0) is 21.7. The predicted octanol–water partition coefficient (Wildman–Crippen LogP) is 3.89. The largest absolute Gasteiger partial charge is 0.497 e. The number of piperidine rings is 1. The minimum absolute atomic E-state index is 0.152. The van der Waals surface area contributed by atoms with Crippen LogP contribution in [0.1, 0.15) is 23.2 Å². The van der Waals surface area contributed by atoms with Gasteiger partial charge in [-0.25, -0.2) is 0 Å². The van der Waals surface area contributed by atoms with E-state index in [1.807, 2.05) is 41.7 Å². The van der Waals surface area contributed by atoms with Crippen molar-refractivity contribution in [2.24, 2.45) is 5.92 Å². The van der Waals surface area contributed by atoms with E-state index in [2.05, 4.69) is 0 Å². The zero-order valence-corrected chi connectivity index (χ0v) is 16.5. The van der Waals surface area contributed by atoms with Gasteiger partial charge in [-0.1, -0.05) is 24.3 Å². The van der Waals surface area contributed by atoms with Crippen molar-refractivity contribution < 1.29 is 27.5 Å². The molecule has 1 aliphatic heterocycles. The minimum atomic E-state index is -4.43. The second kappa shape index (κ2) is 9.19. The molecule has 0 radical (unpaired) electrons. The van der Waals surface area contributed by atoms with Gasteiger partial charge in [-0.05, 0) is 48.2 Å². The molecular weight excluding hydrogens is 397 g/mol. The summed E-state index contributed by atoms with van der Waals surface area (Å²) < 4.78 is 41.9. The lowest BCUT2D eigenvalue weighted by Gasteiger charge is -2.31. The number of amides is 2. The van der Waals surface area contributed by atoms with Crippen LogP contribution in [0.2, 0.25) is 0 Å². The molecule has 30 heavy (non-hydrogen) atoms. The van der Waals surface area contributed by atoms with Crippen LogP contribution in [0, 0.1) is 5.92 Å². The molecule has 0 aliphatic carbocycles. The van der Waals surface area contributed by atoms with Crippen LogP contribution in [0.25, 0.3) is 11.1 Å². The van der Waals surface area contributed by atoms with E-state index in [1.54, 1.807) is 24.1 Å². The molecule has 0 atom stereocenters. The molecule has 1 heterocycles. The van der Waals surface area contributed by atoms with E-state index in [0.29, 0.717) is 31.5 Å².